The molecule has 0 spiro atoms. The van der Waals surface area contributed by atoms with E-state index in [1.807, 2.05) is 0 Å². The lowest BCUT2D eigenvalue weighted by molar-refractivity contribution is -0.137. The van der Waals surface area contributed by atoms with Crippen molar-refractivity contribution in [1.82, 2.24) is 0 Å². The second-order valence-electron chi connectivity index (χ2n) is 4.61. The van der Waals surface area contributed by atoms with E-state index in [2.05, 4.69) is 5.32 Å². The van der Waals surface area contributed by atoms with Gasteiger partial charge in [0.1, 0.15) is 11.6 Å². The first-order valence-corrected chi connectivity index (χ1v) is 6.20. The Labute approximate surface area is 119 Å². The highest BCUT2D eigenvalue weighted by atomic mass is 19.4. The molecule has 0 saturated heterocycles. The number of nitrogens with one attached hydrogen (secondary N) is 1. The predicted octanol–water partition coefficient (Wildman–Crippen LogP) is 4.72. The van der Waals surface area contributed by atoms with Gasteiger partial charge >= 0.3 is 6.18 Å². The summed E-state index contributed by atoms with van der Waals surface area (Å²) in [5.74, 6) is -0.918. The van der Waals surface area contributed by atoms with Crippen molar-refractivity contribution in [2.24, 2.45) is 0 Å². The summed E-state index contributed by atoms with van der Waals surface area (Å²) in [4.78, 5) is 0. The Hall–Kier alpha value is -2.24. The third kappa shape index (κ3) is 3.45. The Morgan fingerprint density at radius 2 is 1.76 bits per heavy atom. The molecule has 0 aliphatic rings. The fraction of sp³-hybridized carbons (Fsp3) is 0.200. The molecule has 2 rings (SSSR count). The normalized spacial score (nSPS) is 13.0. The number of aromatic hydroxyl groups is 1. The first-order chi connectivity index (χ1) is 9.79. The lowest BCUT2D eigenvalue weighted by Crippen LogP contribution is -2.13. The molecule has 2 aromatic rings. The van der Waals surface area contributed by atoms with Crippen LogP contribution >= 0.6 is 0 Å². The van der Waals surface area contributed by atoms with Crippen molar-refractivity contribution in [2.75, 3.05) is 5.32 Å². The van der Waals surface area contributed by atoms with Crippen molar-refractivity contribution >= 4 is 5.69 Å². The summed E-state index contributed by atoms with van der Waals surface area (Å²) in [5, 5.41) is 12.4. The monoisotopic (exact) mass is 299 g/mol. The van der Waals surface area contributed by atoms with Crippen molar-refractivity contribution in [1.29, 1.82) is 0 Å². The van der Waals surface area contributed by atoms with Crippen molar-refractivity contribution in [3.63, 3.8) is 0 Å². The van der Waals surface area contributed by atoms with Gasteiger partial charge in [-0.2, -0.15) is 13.2 Å². The molecule has 0 radical (unpaired) electrons. The molecule has 21 heavy (non-hydrogen) atoms. The Kier molecular flexibility index (Phi) is 4.06. The molecule has 6 heteroatoms. The molecule has 0 amide bonds. The summed E-state index contributed by atoms with van der Waals surface area (Å²) in [6, 6.07) is 7.83. The standard InChI is InChI=1S/C15H13F4NO/c1-9(11-7-6-10(16)8-14(11)21)20-13-5-3-2-4-12(13)15(17,18)19/h2-9,20-21H,1H3. The number of alkyl halides is 3. The van der Waals surface area contributed by atoms with Crippen LogP contribution in [0, 0.1) is 5.82 Å². The molecule has 0 saturated carbocycles. The number of halogens is 4. The topological polar surface area (TPSA) is 32.3 Å². The molecule has 0 aliphatic heterocycles. The van der Waals surface area contributed by atoms with Gasteiger partial charge in [0.2, 0.25) is 0 Å². The molecule has 0 aromatic heterocycles. The molecule has 2 N–H and O–H groups in total. The van der Waals surface area contributed by atoms with Crippen LogP contribution in [0.25, 0.3) is 0 Å². The van der Waals surface area contributed by atoms with Crippen molar-refractivity contribution in [3.05, 3.63) is 59.4 Å². The summed E-state index contributed by atoms with van der Waals surface area (Å²) >= 11 is 0. The predicted molar refractivity (Wildman–Crippen MR) is 71.5 cm³/mol. The van der Waals surface area contributed by atoms with Crippen molar-refractivity contribution in [3.8, 4) is 5.75 Å². The van der Waals surface area contributed by atoms with E-state index in [4.69, 9.17) is 0 Å². The van der Waals surface area contributed by atoms with Crippen LogP contribution < -0.4 is 5.32 Å². The van der Waals surface area contributed by atoms with Crippen LogP contribution in [0.3, 0.4) is 0 Å². The van der Waals surface area contributed by atoms with Gasteiger partial charge in [0.05, 0.1) is 11.6 Å². The van der Waals surface area contributed by atoms with Gasteiger partial charge in [-0.05, 0) is 25.1 Å². The van der Waals surface area contributed by atoms with E-state index in [0.717, 1.165) is 18.2 Å². The quantitative estimate of drug-likeness (QED) is 0.803. The summed E-state index contributed by atoms with van der Waals surface area (Å²) in [6.45, 7) is 1.58. The molecule has 2 aromatic carbocycles. The number of benzene rings is 2. The Bertz CT molecular complexity index is 640. The van der Waals surface area contributed by atoms with Crippen molar-refractivity contribution in [2.45, 2.75) is 19.1 Å². The minimum atomic E-state index is -4.48. The van der Waals surface area contributed by atoms with Gasteiger partial charge in [0.15, 0.2) is 0 Å². The van der Waals surface area contributed by atoms with E-state index in [9.17, 15) is 22.7 Å². The van der Waals surface area contributed by atoms with E-state index in [1.165, 1.54) is 24.3 Å². The summed E-state index contributed by atoms with van der Waals surface area (Å²) in [7, 11) is 0. The number of anilines is 1. The van der Waals surface area contributed by atoms with E-state index in [0.29, 0.717) is 5.56 Å². The van der Waals surface area contributed by atoms with Crippen LogP contribution in [-0.4, -0.2) is 5.11 Å². The lowest BCUT2D eigenvalue weighted by atomic mass is 10.1. The molecule has 1 unspecified atom stereocenters. The van der Waals surface area contributed by atoms with E-state index in [1.54, 1.807) is 6.92 Å². The molecule has 112 valence electrons. The van der Waals surface area contributed by atoms with E-state index >= 15 is 0 Å². The fourth-order valence-corrected chi connectivity index (χ4v) is 2.05. The maximum Gasteiger partial charge on any atom is 0.418 e. The van der Waals surface area contributed by atoms with Crippen LogP contribution in [0.15, 0.2) is 42.5 Å². The SMILES string of the molecule is CC(Nc1ccccc1C(F)(F)F)c1ccc(F)cc1O. The van der Waals surface area contributed by atoms with Gasteiger partial charge in [-0.25, -0.2) is 4.39 Å². The lowest BCUT2D eigenvalue weighted by Gasteiger charge is -2.20. The summed E-state index contributed by atoms with van der Waals surface area (Å²) in [6.07, 6.45) is -4.48. The molecule has 0 aliphatic carbocycles. The third-order valence-corrected chi connectivity index (χ3v) is 3.06. The van der Waals surface area contributed by atoms with Crippen LogP contribution in [0.2, 0.25) is 0 Å². The Morgan fingerprint density at radius 3 is 2.38 bits per heavy atom. The maximum absolute atomic E-state index is 12.9. The smallest absolute Gasteiger partial charge is 0.418 e. The second kappa shape index (κ2) is 5.63. The average molecular weight is 299 g/mol. The fourth-order valence-electron chi connectivity index (χ4n) is 2.05. The number of hydrogen-bond acceptors (Lipinski definition) is 2. The molecular formula is C15H13F4NO. The van der Waals surface area contributed by atoms with E-state index in [-0.39, 0.29) is 11.4 Å². The highest BCUT2D eigenvalue weighted by Gasteiger charge is 2.33. The number of para-hydroxylation sites is 1. The Balaban J connectivity index is 2.30. The van der Waals surface area contributed by atoms with E-state index < -0.39 is 23.6 Å². The maximum atomic E-state index is 12.9. The zero-order chi connectivity index (χ0) is 15.6. The number of rotatable bonds is 3. The minimum absolute atomic E-state index is 0.0961. The molecular weight excluding hydrogens is 286 g/mol. The zero-order valence-electron chi connectivity index (χ0n) is 11.1. The molecule has 0 fully saturated rings. The molecule has 0 heterocycles. The van der Waals surface area contributed by atoms with Crippen LogP contribution in [-0.2, 0) is 6.18 Å². The first-order valence-electron chi connectivity index (χ1n) is 6.20. The van der Waals surface area contributed by atoms with Gasteiger partial charge < -0.3 is 10.4 Å². The highest BCUT2D eigenvalue weighted by molar-refractivity contribution is 5.54. The Morgan fingerprint density at radius 1 is 1.10 bits per heavy atom. The van der Waals surface area contributed by atoms with Gasteiger partial charge in [-0.15, -0.1) is 0 Å². The van der Waals surface area contributed by atoms with Gasteiger partial charge in [-0.3, -0.25) is 0 Å². The number of phenols is 1. The first kappa shape index (κ1) is 15.2. The van der Waals surface area contributed by atoms with Crippen LogP contribution in [0.5, 0.6) is 5.75 Å². The molecule has 2 nitrogen and oxygen atoms in total. The third-order valence-electron chi connectivity index (χ3n) is 3.06. The highest BCUT2D eigenvalue weighted by Crippen LogP contribution is 2.36. The average Bonchev–Trinajstić information content (AvgIpc) is 2.37. The summed E-state index contributed by atoms with van der Waals surface area (Å²) < 4.78 is 51.6. The van der Waals surface area contributed by atoms with Gasteiger partial charge in [0, 0.05) is 17.3 Å². The number of hydrogen-bond donors (Lipinski definition) is 2. The molecule has 0 bridgehead atoms. The van der Waals surface area contributed by atoms with Crippen LogP contribution in [0.1, 0.15) is 24.1 Å². The van der Waals surface area contributed by atoms with Gasteiger partial charge in [-0.1, -0.05) is 18.2 Å². The largest absolute Gasteiger partial charge is 0.507 e. The summed E-state index contributed by atoms with van der Waals surface area (Å²) in [5.41, 5.74) is -0.576. The zero-order valence-corrected chi connectivity index (χ0v) is 11.1. The second-order valence-corrected chi connectivity index (χ2v) is 4.61. The van der Waals surface area contributed by atoms with Gasteiger partial charge in [0.25, 0.3) is 0 Å². The number of phenolic OH excluding ortho intramolecular Hbond substituents is 1. The van der Waals surface area contributed by atoms with Crippen LogP contribution in [0.4, 0.5) is 23.2 Å². The minimum Gasteiger partial charge on any atom is -0.507 e. The molecule has 1 atom stereocenters. The van der Waals surface area contributed by atoms with Crippen molar-refractivity contribution < 1.29 is 22.7 Å².